The van der Waals surface area contributed by atoms with Crippen molar-refractivity contribution in [2.45, 2.75) is 25.9 Å². The first-order chi connectivity index (χ1) is 9.20. The molecule has 1 aromatic rings. The van der Waals surface area contributed by atoms with E-state index in [4.69, 9.17) is 9.47 Å². The molecule has 1 aliphatic heterocycles. The van der Waals surface area contributed by atoms with Crippen LogP contribution in [0.3, 0.4) is 0 Å². The third-order valence-corrected chi connectivity index (χ3v) is 2.74. The molecule has 1 aliphatic rings. The highest BCUT2D eigenvalue weighted by Gasteiger charge is 2.24. The van der Waals surface area contributed by atoms with Crippen LogP contribution < -0.4 is 5.32 Å². The number of pyridine rings is 1. The molecule has 1 atom stereocenters. The summed E-state index contributed by atoms with van der Waals surface area (Å²) in [5.74, 6) is -0.338. The second-order valence-electron chi connectivity index (χ2n) is 4.14. The Morgan fingerprint density at radius 2 is 2.42 bits per heavy atom. The molecule has 2 rings (SSSR count). The van der Waals surface area contributed by atoms with Gasteiger partial charge in [-0.05, 0) is 31.9 Å². The van der Waals surface area contributed by atoms with Gasteiger partial charge < -0.3 is 14.8 Å². The largest absolute Gasteiger partial charge is 0.462 e. The van der Waals surface area contributed by atoms with Crippen molar-refractivity contribution in [3.8, 4) is 0 Å². The normalized spacial score (nSPS) is 18.1. The van der Waals surface area contributed by atoms with Crippen LogP contribution in [0.15, 0.2) is 18.3 Å². The lowest BCUT2D eigenvalue weighted by Crippen LogP contribution is -2.27. The van der Waals surface area contributed by atoms with Crippen LogP contribution in [0.5, 0.6) is 0 Å². The third-order valence-electron chi connectivity index (χ3n) is 2.74. The monoisotopic (exact) mass is 264 g/mol. The SMILES string of the molecule is CCOC(=O)c1ccnc(NC(=O)C2CCCO2)c1. The van der Waals surface area contributed by atoms with E-state index in [0.717, 1.165) is 6.42 Å². The molecule has 0 aromatic carbocycles. The topological polar surface area (TPSA) is 77.5 Å². The first-order valence-corrected chi connectivity index (χ1v) is 6.26. The summed E-state index contributed by atoms with van der Waals surface area (Å²) in [5, 5.41) is 2.64. The number of nitrogens with one attached hydrogen (secondary N) is 1. The predicted octanol–water partition coefficient (Wildman–Crippen LogP) is 1.38. The molecule has 19 heavy (non-hydrogen) atoms. The zero-order valence-electron chi connectivity index (χ0n) is 10.7. The molecule has 0 bridgehead atoms. The van der Waals surface area contributed by atoms with E-state index in [0.29, 0.717) is 31.0 Å². The van der Waals surface area contributed by atoms with Gasteiger partial charge in [-0.3, -0.25) is 4.79 Å². The highest BCUT2D eigenvalue weighted by atomic mass is 16.5. The number of esters is 1. The van der Waals surface area contributed by atoms with E-state index in [-0.39, 0.29) is 5.91 Å². The predicted molar refractivity (Wildman–Crippen MR) is 67.8 cm³/mol. The van der Waals surface area contributed by atoms with Gasteiger partial charge in [-0.15, -0.1) is 0 Å². The zero-order chi connectivity index (χ0) is 13.7. The summed E-state index contributed by atoms with van der Waals surface area (Å²) in [5.41, 5.74) is 0.361. The molecule has 102 valence electrons. The molecule has 1 saturated heterocycles. The number of aromatic nitrogens is 1. The van der Waals surface area contributed by atoms with E-state index >= 15 is 0 Å². The second kappa shape index (κ2) is 6.29. The minimum atomic E-state index is -0.433. The van der Waals surface area contributed by atoms with Crippen LogP contribution in [0.1, 0.15) is 30.1 Å². The molecule has 1 amide bonds. The number of rotatable bonds is 4. The van der Waals surface area contributed by atoms with Crippen LogP contribution in [-0.4, -0.2) is 36.2 Å². The average molecular weight is 264 g/mol. The lowest BCUT2D eigenvalue weighted by atomic mass is 10.2. The van der Waals surface area contributed by atoms with Gasteiger partial charge in [0.05, 0.1) is 12.2 Å². The molecule has 0 radical (unpaired) electrons. The van der Waals surface area contributed by atoms with Crippen molar-refractivity contribution >= 4 is 17.7 Å². The maximum absolute atomic E-state index is 11.8. The second-order valence-corrected chi connectivity index (χ2v) is 4.14. The Morgan fingerprint density at radius 3 is 3.11 bits per heavy atom. The van der Waals surface area contributed by atoms with Gasteiger partial charge in [0, 0.05) is 12.8 Å². The highest BCUT2D eigenvalue weighted by molar-refractivity contribution is 5.95. The number of hydrogen-bond acceptors (Lipinski definition) is 5. The Kier molecular flexibility index (Phi) is 4.46. The van der Waals surface area contributed by atoms with Gasteiger partial charge in [0.15, 0.2) is 0 Å². The molecule has 6 nitrogen and oxygen atoms in total. The van der Waals surface area contributed by atoms with Gasteiger partial charge in [-0.2, -0.15) is 0 Å². The Balaban J connectivity index is 2.02. The van der Waals surface area contributed by atoms with Gasteiger partial charge in [0.1, 0.15) is 11.9 Å². The maximum atomic E-state index is 11.8. The van der Waals surface area contributed by atoms with E-state index in [9.17, 15) is 9.59 Å². The molecule has 1 aromatic heterocycles. The first-order valence-electron chi connectivity index (χ1n) is 6.26. The van der Waals surface area contributed by atoms with Crippen LogP contribution in [0, 0.1) is 0 Å². The average Bonchev–Trinajstić information content (AvgIpc) is 2.93. The zero-order valence-corrected chi connectivity index (χ0v) is 10.7. The van der Waals surface area contributed by atoms with Crippen molar-refractivity contribution in [2.75, 3.05) is 18.5 Å². The molecular formula is C13H16N2O4. The molecule has 1 fully saturated rings. The van der Waals surface area contributed by atoms with Crippen molar-refractivity contribution in [3.63, 3.8) is 0 Å². The molecule has 1 unspecified atom stereocenters. The highest BCUT2D eigenvalue weighted by Crippen LogP contribution is 2.15. The van der Waals surface area contributed by atoms with Crippen molar-refractivity contribution in [3.05, 3.63) is 23.9 Å². The van der Waals surface area contributed by atoms with E-state index in [1.54, 1.807) is 13.0 Å². The number of carbonyl (C=O) groups is 2. The van der Waals surface area contributed by atoms with Gasteiger partial charge >= 0.3 is 5.97 Å². The standard InChI is InChI=1S/C13H16N2O4/c1-2-18-13(17)9-5-6-14-11(8-9)15-12(16)10-4-3-7-19-10/h5-6,8,10H,2-4,7H2,1H3,(H,14,15,16). The van der Waals surface area contributed by atoms with Gasteiger partial charge in [0.2, 0.25) is 0 Å². The summed E-state index contributed by atoms with van der Waals surface area (Å²) >= 11 is 0. The maximum Gasteiger partial charge on any atom is 0.338 e. The molecule has 6 heteroatoms. The smallest absolute Gasteiger partial charge is 0.338 e. The van der Waals surface area contributed by atoms with Crippen LogP contribution in [-0.2, 0) is 14.3 Å². The molecule has 2 heterocycles. The van der Waals surface area contributed by atoms with E-state index in [1.165, 1.54) is 12.3 Å². The number of anilines is 1. The summed E-state index contributed by atoms with van der Waals surface area (Å²) in [4.78, 5) is 27.4. The number of hydrogen-bond donors (Lipinski definition) is 1. The Hall–Kier alpha value is -1.95. The summed E-state index contributed by atoms with van der Waals surface area (Å²) in [7, 11) is 0. The quantitative estimate of drug-likeness (QED) is 0.831. The minimum Gasteiger partial charge on any atom is -0.462 e. The van der Waals surface area contributed by atoms with Crippen LogP contribution in [0.25, 0.3) is 0 Å². The fraction of sp³-hybridized carbons (Fsp3) is 0.462. The van der Waals surface area contributed by atoms with Gasteiger partial charge in [-0.25, -0.2) is 9.78 Å². The summed E-state index contributed by atoms with van der Waals surface area (Å²) in [6.07, 6.45) is 2.63. The summed E-state index contributed by atoms with van der Waals surface area (Å²) < 4.78 is 10.2. The Morgan fingerprint density at radius 1 is 1.58 bits per heavy atom. The number of ether oxygens (including phenoxy) is 2. The lowest BCUT2D eigenvalue weighted by Gasteiger charge is -2.10. The number of carbonyl (C=O) groups excluding carboxylic acids is 2. The molecule has 0 saturated carbocycles. The number of nitrogens with zero attached hydrogens (tertiary/aromatic N) is 1. The minimum absolute atomic E-state index is 0.231. The van der Waals surface area contributed by atoms with Crippen molar-refractivity contribution in [2.24, 2.45) is 0 Å². The van der Waals surface area contributed by atoms with Crippen molar-refractivity contribution in [1.29, 1.82) is 0 Å². The number of amides is 1. The fourth-order valence-electron chi connectivity index (χ4n) is 1.83. The molecule has 0 spiro atoms. The van der Waals surface area contributed by atoms with Crippen molar-refractivity contribution < 1.29 is 19.1 Å². The van der Waals surface area contributed by atoms with Crippen LogP contribution in [0.2, 0.25) is 0 Å². The van der Waals surface area contributed by atoms with Gasteiger partial charge in [-0.1, -0.05) is 0 Å². The van der Waals surface area contributed by atoms with E-state index in [2.05, 4.69) is 10.3 Å². The lowest BCUT2D eigenvalue weighted by molar-refractivity contribution is -0.124. The van der Waals surface area contributed by atoms with Gasteiger partial charge in [0.25, 0.3) is 5.91 Å². The first kappa shape index (κ1) is 13.5. The van der Waals surface area contributed by atoms with Crippen LogP contribution >= 0.6 is 0 Å². The fourth-order valence-corrected chi connectivity index (χ4v) is 1.83. The molecule has 0 aliphatic carbocycles. The molecular weight excluding hydrogens is 248 g/mol. The van der Waals surface area contributed by atoms with E-state index in [1.807, 2.05) is 0 Å². The Labute approximate surface area is 111 Å². The summed E-state index contributed by atoms with van der Waals surface area (Å²) in [6.45, 7) is 2.65. The molecule has 1 N–H and O–H groups in total. The summed E-state index contributed by atoms with van der Waals surface area (Å²) in [6, 6.07) is 3.03. The van der Waals surface area contributed by atoms with Crippen molar-refractivity contribution in [1.82, 2.24) is 4.98 Å². The Bertz CT molecular complexity index is 469. The van der Waals surface area contributed by atoms with E-state index < -0.39 is 12.1 Å². The van der Waals surface area contributed by atoms with Crippen LogP contribution in [0.4, 0.5) is 5.82 Å². The third kappa shape index (κ3) is 3.51.